The molecule has 1 N–H and O–H groups in total. The molecule has 2 aliphatic heterocycles. The van der Waals surface area contributed by atoms with E-state index in [0.717, 1.165) is 18.5 Å². The molecule has 0 radical (unpaired) electrons. The Hall–Kier alpha value is -1.56. The molecule has 0 spiro atoms. The van der Waals surface area contributed by atoms with Crippen LogP contribution in [0, 0.1) is 5.92 Å². The van der Waals surface area contributed by atoms with Crippen molar-refractivity contribution in [3.05, 3.63) is 46.2 Å². The maximum absolute atomic E-state index is 12.9. The number of carbonyl (C=O) groups excluding carboxylic acids is 1. The van der Waals surface area contributed by atoms with Gasteiger partial charge in [-0.25, -0.2) is 0 Å². The molecule has 2 fully saturated rings. The van der Waals surface area contributed by atoms with Crippen LogP contribution < -0.4 is 5.32 Å². The van der Waals surface area contributed by atoms with Crippen molar-refractivity contribution in [2.24, 2.45) is 13.0 Å². The summed E-state index contributed by atoms with van der Waals surface area (Å²) in [4.78, 5) is 12.9. The second kappa shape index (κ2) is 6.06. The first-order chi connectivity index (χ1) is 11.5. The summed E-state index contributed by atoms with van der Waals surface area (Å²) >= 11 is 12.0. The first-order valence-electron chi connectivity index (χ1n) is 7.94. The molecule has 3 heterocycles. The molecule has 1 aromatic heterocycles. The first kappa shape index (κ1) is 15.9. The third kappa shape index (κ3) is 2.61. The van der Waals surface area contributed by atoms with Crippen LogP contribution in [0.15, 0.2) is 30.5 Å². The molecule has 4 atom stereocenters. The monoisotopic (exact) mass is 365 g/mol. The van der Waals surface area contributed by atoms with Crippen molar-refractivity contribution in [1.82, 2.24) is 9.78 Å². The Morgan fingerprint density at radius 2 is 2.04 bits per heavy atom. The van der Waals surface area contributed by atoms with Gasteiger partial charge in [0.25, 0.3) is 0 Å². The standard InChI is InChI=1S/C17H17Cl2N3O2/c1-22-12(6-7-20-22)15-13-4-5-14(24-13)16(15)17(23)21-9-2-3-10(18)11(19)8-9/h2-3,6-8,13-16H,4-5H2,1H3,(H,21,23)/t13-,14+,15-,16+/m0/s1. The number of rotatable bonds is 3. The Kier molecular flexibility index (Phi) is 4.03. The highest BCUT2D eigenvalue weighted by molar-refractivity contribution is 6.42. The average Bonchev–Trinajstić information content (AvgIpc) is 3.25. The van der Waals surface area contributed by atoms with E-state index in [4.69, 9.17) is 27.9 Å². The molecule has 2 bridgehead atoms. The van der Waals surface area contributed by atoms with Gasteiger partial charge < -0.3 is 10.1 Å². The lowest BCUT2D eigenvalue weighted by molar-refractivity contribution is -0.121. The Labute approximate surface area is 149 Å². The minimum atomic E-state index is -0.228. The summed E-state index contributed by atoms with van der Waals surface area (Å²) in [5.74, 6) is -0.251. The fourth-order valence-electron chi connectivity index (χ4n) is 3.90. The van der Waals surface area contributed by atoms with Crippen molar-refractivity contribution < 1.29 is 9.53 Å². The van der Waals surface area contributed by atoms with E-state index >= 15 is 0 Å². The molecule has 0 unspecified atom stereocenters. The van der Waals surface area contributed by atoms with Crippen LogP contribution >= 0.6 is 23.2 Å². The summed E-state index contributed by atoms with van der Waals surface area (Å²) in [5.41, 5.74) is 1.68. The lowest BCUT2D eigenvalue weighted by Crippen LogP contribution is -2.36. The number of fused-ring (bicyclic) bond motifs is 2. The van der Waals surface area contributed by atoms with Crippen molar-refractivity contribution in [3.63, 3.8) is 0 Å². The van der Waals surface area contributed by atoms with E-state index < -0.39 is 0 Å². The van der Waals surface area contributed by atoms with E-state index in [9.17, 15) is 4.79 Å². The van der Waals surface area contributed by atoms with Gasteiger partial charge in [-0.3, -0.25) is 9.48 Å². The van der Waals surface area contributed by atoms with Crippen LogP contribution in [-0.2, 0) is 16.6 Å². The molecule has 0 saturated carbocycles. The zero-order valence-corrected chi connectivity index (χ0v) is 14.6. The van der Waals surface area contributed by atoms with Crippen molar-refractivity contribution in [2.45, 2.75) is 31.0 Å². The highest BCUT2D eigenvalue weighted by Gasteiger charge is 2.53. The molecule has 2 aromatic rings. The number of carbonyl (C=O) groups is 1. The van der Waals surface area contributed by atoms with Crippen LogP contribution in [-0.4, -0.2) is 27.9 Å². The minimum Gasteiger partial charge on any atom is -0.373 e. The smallest absolute Gasteiger partial charge is 0.230 e. The maximum atomic E-state index is 12.9. The SMILES string of the molecule is Cn1nccc1[C@@H]1[C@H](C(=O)Nc2ccc(Cl)c(Cl)c2)[C@H]2CC[C@@H]1O2. The Morgan fingerprint density at radius 3 is 2.75 bits per heavy atom. The second-order valence-electron chi connectivity index (χ2n) is 6.34. The first-order valence-corrected chi connectivity index (χ1v) is 8.69. The summed E-state index contributed by atoms with van der Waals surface area (Å²) in [7, 11) is 1.90. The van der Waals surface area contributed by atoms with Gasteiger partial charge in [0, 0.05) is 30.5 Å². The molecule has 0 aliphatic carbocycles. The molecule has 24 heavy (non-hydrogen) atoms. The number of aromatic nitrogens is 2. The van der Waals surface area contributed by atoms with Gasteiger partial charge in [-0.1, -0.05) is 23.2 Å². The molecular weight excluding hydrogens is 349 g/mol. The summed E-state index contributed by atoms with van der Waals surface area (Å²) in [6, 6.07) is 7.05. The van der Waals surface area contributed by atoms with E-state index in [1.807, 2.05) is 17.8 Å². The highest BCUT2D eigenvalue weighted by Crippen LogP contribution is 2.49. The zero-order chi connectivity index (χ0) is 16.8. The van der Waals surface area contributed by atoms with E-state index in [-0.39, 0.29) is 30.0 Å². The molecule has 2 aliphatic rings. The molecule has 126 valence electrons. The Bertz CT molecular complexity index is 792. The molecule has 1 amide bonds. The van der Waals surface area contributed by atoms with E-state index in [2.05, 4.69) is 10.4 Å². The second-order valence-corrected chi connectivity index (χ2v) is 7.15. The number of anilines is 1. The van der Waals surface area contributed by atoms with Gasteiger partial charge in [-0.05, 0) is 37.1 Å². The van der Waals surface area contributed by atoms with Gasteiger partial charge >= 0.3 is 0 Å². The predicted molar refractivity (Wildman–Crippen MR) is 92.4 cm³/mol. The van der Waals surface area contributed by atoms with E-state index in [1.165, 1.54) is 0 Å². The fourth-order valence-corrected chi connectivity index (χ4v) is 4.20. The van der Waals surface area contributed by atoms with Crippen molar-refractivity contribution in [1.29, 1.82) is 0 Å². The average molecular weight is 366 g/mol. The largest absolute Gasteiger partial charge is 0.373 e. The summed E-state index contributed by atoms with van der Waals surface area (Å²) in [5, 5.41) is 8.08. The topological polar surface area (TPSA) is 56.2 Å². The minimum absolute atomic E-state index is 0.0269. The molecule has 7 heteroatoms. The number of halogens is 2. The van der Waals surface area contributed by atoms with Crippen LogP contribution in [0.25, 0.3) is 0 Å². The van der Waals surface area contributed by atoms with Crippen LogP contribution in [0.2, 0.25) is 10.0 Å². The van der Waals surface area contributed by atoms with Gasteiger partial charge in [0.15, 0.2) is 0 Å². The fraction of sp³-hybridized carbons (Fsp3) is 0.412. The van der Waals surface area contributed by atoms with Crippen LogP contribution in [0.4, 0.5) is 5.69 Å². The van der Waals surface area contributed by atoms with Crippen molar-refractivity contribution >= 4 is 34.8 Å². The molecule has 2 saturated heterocycles. The third-order valence-corrected chi connectivity index (χ3v) is 5.70. The van der Waals surface area contributed by atoms with Crippen molar-refractivity contribution in [3.8, 4) is 0 Å². The number of benzene rings is 1. The Balaban J connectivity index is 1.60. The highest BCUT2D eigenvalue weighted by atomic mass is 35.5. The number of ether oxygens (including phenoxy) is 1. The van der Waals surface area contributed by atoms with E-state index in [0.29, 0.717) is 15.7 Å². The van der Waals surface area contributed by atoms with Crippen LogP contribution in [0.3, 0.4) is 0 Å². The van der Waals surface area contributed by atoms with Crippen LogP contribution in [0.5, 0.6) is 0 Å². The van der Waals surface area contributed by atoms with Crippen LogP contribution in [0.1, 0.15) is 24.5 Å². The number of aryl methyl sites for hydroxylation is 1. The number of nitrogens with zero attached hydrogens (tertiary/aromatic N) is 2. The van der Waals surface area contributed by atoms with Gasteiger partial charge in [-0.2, -0.15) is 5.10 Å². The van der Waals surface area contributed by atoms with Gasteiger partial charge in [0.05, 0.1) is 28.2 Å². The molecule has 5 nitrogen and oxygen atoms in total. The number of hydrogen-bond acceptors (Lipinski definition) is 3. The predicted octanol–water partition coefficient (Wildman–Crippen LogP) is 3.63. The lowest BCUT2D eigenvalue weighted by atomic mass is 9.77. The third-order valence-electron chi connectivity index (χ3n) is 4.96. The lowest BCUT2D eigenvalue weighted by Gasteiger charge is -2.27. The molecule has 1 aromatic carbocycles. The van der Waals surface area contributed by atoms with E-state index in [1.54, 1.807) is 24.4 Å². The van der Waals surface area contributed by atoms with Gasteiger partial charge in [0.1, 0.15) is 0 Å². The normalized spacial score (nSPS) is 28.3. The summed E-state index contributed by atoms with van der Waals surface area (Å²) < 4.78 is 7.86. The number of hydrogen-bond donors (Lipinski definition) is 1. The number of nitrogens with one attached hydrogen (secondary N) is 1. The van der Waals surface area contributed by atoms with Crippen molar-refractivity contribution in [2.75, 3.05) is 5.32 Å². The maximum Gasteiger partial charge on any atom is 0.230 e. The molecular formula is C17H17Cl2N3O2. The zero-order valence-electron chi connectivity index (χ0n) is 13.1. The van der Waals surface area contributed by atoms with Gasteiger partial charge in [0.2, 0.25) is 5.91 Å². The summed E-state index contributed by atoms with van der Waals surface area (Å²) in [6.45, 7) is 0. The summed E-state index contributed by atoms with van der Waals surface area (Å²) in [6.07, 6.45) is 3.69. The Morgan fingerprint density at radius 1 is 1.25 bits per heavy atom. The van der Waals surface area contributed by atoms with Gasteiger partial charge in [-0.15, -0.1) is 0 Å². The quantitative estimate of drug-likeness (QED) is 0.903. The molecule has 4 rings (SSSR count). The number of amides is 1.